The Morgan fingerprint density at radius 3 is 2.29 bits per heavy atom. The summed E-state index contributed by atoms with van der Waals surface area (Å²) >= 11 is 0. The maximum atomic E-state index is 13.7. The van der Waals surface area contributed by atoms with Crippen LogP contribution in [0.1, 0.15) is 57.2 Å². The summed E-state index contributed by atoms with van der Waals surface area (Å²) < 4.78 is 18.7. The van der Waals surface area contributed by atoms with Crippen molar-refractivity contribution in [1.29, 1.82) is 0 Å². The van der Waals surface area contributed by atoms with Gasteiger partial charge in [-0.2, -0.15) is 9.78 Å². The second-order valence-corrected chi connectivity index (χ2v) is 9.18. The molecule has 4 rings (SSSR count). The summed E-state index contributed by atoms with van der Waals surface area (Å²) in [5.41, 5.74) is 3.99. The summed E-state index contributed by atoms with van der Waals surface area (Å²) in [5.74, 6) is 2.85. The third kappa shape index (κ3) is 5.57. The zero-order valence-corrected chi connectivity index (χ0v) is 22.9. The number of para-hydroxylation sites is 1. The normalized spacial score (nSPS) is 11.4. The lowest BCUT2D eigenvalue weighted by molar-refractivity contribution is 0.288. The fourth-order valence-corrected chi connectivity index (χ4v) is 4.35. The predicted octanol–water partition coefficient (Wildman–Crippen LogP) is 6.57. The van der Waals surface area contributed by atoms with Crippen LogP contribution in [0.5, 0.6) is 17.2 Å². The summed E-state index contributed by atoms with van der Waals surface area (Å²) in [4.78, 5) is 18.6. The van der Waals surface area contributed by atoms with E-state index in [1.807, 2.05) is 70.2 Å². The highest BCUT2D eigenvalue weighted by molar-refractivity contribution is 5.83. The van der Waals surface area contributed by atoms with Gasteiger partial charge in [-0.15, -0.1) is 0 Å². The van der Waals surface area contributed by atoms with E-state index in [0.717, 1.165) is 28.0 Å². The van der Waals surface area contributed by atoms with Gasteiger partial charge in [0.05, 0.1) is 36.9 Å². The average molecular weight is 514 g/mol. The van der Waals surface area contributed by atoms with Crippen molar-refractivity contribution in [1.82, 2.24) is 9.66 Å². The van der Waals surface area contributed by atoms with Gasteiger partial charge in [0, 0.05) is 5.56 Å². The number of aryl methyl sites for hydroxylation is 1. The highest BCUT2D eigenvalue weighted by Crippen LogP contribution is 2.34. The van der Waals surface area contributed by atoms with E-state index in [-0.39, 0.29) is 11.5 Å². The SMILES string of the molecule is CCOc1ccc(C=Nn2c(-c3cc(C(C)C)c(OCC)cc3C)nc3ccccc3c2=O)cc1OCC. The fourth-order valence-electron chi connectivity index (χ4n) is 4.35. The number of ether oxygens (including phenoxy) is 3. The molecule has 0 atom stereocenters. The topological polar surface area (TPSA) is 74.9 Å². The van der Waals surface area contributed by atoms with E-state index in [2.05, 4.69) is 25.0 Å². The highest BCUT2D eigenvalue weighted by Gasteiger charge is 2.18. The Morgan fingerprint density at radius 1 is 0.895 bits per heavy atom. The van der Waals surface area contributed by atoms with Gasteiger partial charge in [-0.05, 0) is 92.8 Å². The summed E-state index contributed by atoms with van der Waals surface area (Å²) in [6.45, 7) is 13.7. The Balaban J connectivity index is 1.91. The lowest BCUT2D eigenvalue weighted by Crippen LogP contribution is -2.21. The van der Waals surface area contributed by atoms with Crippen molar-refractivity contribution in [2.24, 2.45) is 5.10 Å². The van der Waals surface area contributed by atoms with E-state index in [1.54, 1.807) is 12.3 Å². The second kappa shape index (κ2) is 11.9. The van der Waals surface area contributed by atoms with Crippen molar-refractivity contribution in [2.75, 3.05) is 19.8 Å². The van der Waals surface area contributed by atoms with Crippen LogP contribution >= 0.6 is 0 Å². The van der Waals surface area contributed by atoms with E-state index >= 15 is 0 Å². The maximum absolute atomic E-state index is 13.7. The standard InChI is InChI=1S/C31H35N3O4/c1-7-36-27-15-14-22(17-29(27)38-9-3)19-32-34-30(33-26-13-11-10-12-23(26)31(34)35)25-18-24(20(4)5)28(37-8-2)16-21(25)6/h10-20H,7-9H2,1-6H3. The van der Waals surface area contributed by atoms with Gasteiger partial charge in [-0.25, -0.2) is 4.98 Å². The monoisotopic (exact) mass is 513 g/mol. The molecular weight excluding hydrogens is 478 g/mol. The molecule has 0 unspecified atom stereocenters. The maximum Gasteiger partial charge on any atom is 0.282 e. The predicted molar refractivity (Wildman–Crippen MR) is 153 cm³/mol. The molecule has 0 aliphatic carbocycles. The molecule has 0 aliphatic rings. The first kappa shape index (κ1) is 26.9. The molecule has 7 nitrogen and oxygen atoms in total. The van der Waals surface area contributed by atoms with Crippen LogP contribution in [-0.4, -0.2) is 35.7 Å². The minimum Gasteiger partial charge on any atom is -0.494 e. The molecule has 0 saturated heterocycles. The van der Waals surface area contributed by atoms with Crippen LogP contribution < -0.4 is 19.8 Å². The third-order valence-corrected chi connectivity index (χ3v) is 6.16. The lowest BCUT2D eigenvalue weighted by Gasteiger charge is -2.18. The Morgan fingerprint density at radius 2 is 1.58 bits per heavy atom. The van der Waals surface area contributed by atoms with Crippen molar-refractivity contribution in [3.63, 3.8) is 0 Å². The van der Waals surface area contributed by atoms with E-state index in [4.69, 9.17) is 19.2 Å². The summed E-state index contributed by atoms with van der Waals surface area (Å²) in [7, 11) is 0. The molecule has 1 aromatic heterocycles. The molecule has 0 bridgehead atoms. The number of benzene rings is 3. The molecule has 1 heterocycles. The van der Waals surface area contributed by atoms with Crippen LogP contribution in [0, 0.1) is 6.92 Å². The molecule has 0 fully saturated rings. The van der Waals surface area contributed by atoms with E-state index in [1.165, 1.54) is 4.68 Å². The molecule has 38 heavy (non-hydrogen) atoms. The summed E-state index contributed by atoms with van der Waals surface area (Å²) in [5, 5.41) is 5.15. The zero-order valence-electron chi connectivity index (χ0n) is 22.9. The molecule has 3 aromatic carbocycles. The van der Waals surface area contributed by atoms with Crippen LogP contribution in [0.3, 0.4) is 0 Å². The van der Waals surface area contributed by atoms with Crippen LogP contribution in [0.2, 0.25) is 0 Å². The second-order valence-electron chi connectivity index (χ2n) is 9.18. The Hall–Kier alpha value is -4.13. The van der Waals surface area contributed by atoms with Gasteiger partial charge in [0.25, 0.3) is 5.56 Å². The molecule has 198 valence electrons. The molecule has 0 saturated carbocycles. The molecule has 4 aromatic rings. The largest absolute Gasteiger partial charge is 0.494 e. The van der Waals surface area contributed by atoms with Crippen molar-refractivity contribution in [2.45, 2.75) is 47.5 Å². The van der Waals surface area contributed by atoms with Gasteiger partial charge in [0.15, 0.2) is 17.3 Å². The number of fused-ring (bicyclic) bond motifs is 1. The number of aromatic nitrogens is 2. The molecule has 0 radical (unpaired) electrons. The van der Waals surface area contributed by atoms with Gasteiger partial charge < -0.3 is 14.2 Å². The van der Waals surface area contributed by atoms with Gasteiger partial charge >= 0.3 is 0 Å². The van der Waals surface area contributed by atoms with Gasteiger partial charge in [0.2, 0.25) is 0 Å². The van der Waals surface area contributed by atoms with Crippen molar-refractivity contribution >= 4 is 17.1 Å². The first-order valence-electron chi connectivity index (χ1n) is 13.1. The average Bonchev–Trinajstić information content (AvgIpc) is 2.90. The quantitative estimate of drug-likeness (QED) is 0.224. The van der Waals surface area contributed by atoms with Gasteiger partial charge in [-0.1, -0.05) is 26.0 Å². The Kier molecular flexibility index (Phi) is 8.46. The number of rotatable bonds is 10. The summed E-state index contributed by atoms with van der Waals surface area (Å²) in [6.07, 6.45) is 1.65. The molecule has 0 N–H and O–H groups in total. The molecule has 7 heteroatoms. The summed E-state index contributed by atoms with van der Waals surface area (Å²) in [6, 6.07) is 17.0. The highest BCUT2D eigenvalue weighted by atomic mass is 16.5. The molecular formula is C31H35N3O4. The molecule has 0 aliphatic heterocycles. The van der Waals surface area contributed by atoms with Crippen LogP contribution in [-0.2, 0) is 0 Å². The van der Waals surface area contributed by atoms with Gasteiger partial charge in [0.1, 0.15) is 5.75 Å². The first-order valence-corrected chi connectivity index (χ1v) is 13.1. The Bertz CT molecular complexity index is 1520. The minimum absolute atomic E-state index is 0.223. The number of nitrogens with zero attached hydrogens (tertiary/aromatic N) is 3. The van der Waals surface area contributed by atoms with E-state index in [9.17, 15) is 4.79 Å². The van der Waals surface area contributed by atoms with Crippen molar-refractivity contribution in [3.8, 4) is 28.6 Å². The van der Waals surface area contributed by atoms with Crippen LogP contribution in [0.25, 0.3) is 22.3 Å². The fraction of sp³-hybridized carbons (Fsp3) is 0.323. The molecule has 0 spiro atoms. The minimum atomic E-state index is -0.239. The van der Waals surface area contributed by atoms with Crippen LogP contribution in [0.15, 0.2) is 64.5 Å². The van der Waals surface area contributed by atoms with Crippen molar-refractivity contribution < 1.29 is 14.2 Å². The number of hydrogen-bond donors (Lipinski definition) is 0. The van der Waals surface area contributed by atoms with Crippen LogP contribution in [0.4, 0.5) is 0 Å². The molecule has 0 amide bonds. The zero-order chi connectivity index (χ0) is 27.2. The Labute approximate surface area is 223 Å². The van der Waals surface area contributed by atoms with E-state index < -0.39 is 0 Å². The first-order chi connectivity index (χ1) is 18.4. The third-order valence-electron chi connectivity index (χ3n) is 6.16. The smallest absolute Gasteiger partial charge is 0.282 e. The van der Waals surface area contributed by atoms with Gasteiger partial charge in [-0.3, -0.25) is 4.79 Å². The van der Waals surface area contributed by atoms with Crippen molar-refractivity contribution in [3.05, 3.63) is 81.6 Å². The van der Waals surface area contributed by atoms with E-state index in [0.29, 0.717) is 48.0 Å². The lowest BCUT2D eigenvalue weighted by atomic mass is 9.96. The number of hydrogen-bond acceptors (Lipinski definition) is 6.